The zero-order valence-corrected chi connectivity index (χ0v) is 8.65. The second-order valence-electron chi connectivity index (χ2n) is 3.41. The monoisotopic (exact) mass is 178 g/mol. The lowest BCUT2D eigenvalue weighted by atomic mass is 10.1. The lowest BCUT2D eigenvalue weighted by Crippen LogP contribution is -2.05. The van der Waals surface area contributed by atoms with Gasteiger partial charge in [-0.1, -0.05) is 19.1 Å². The fraction of sp³-hybridized carbons (Fsp3) is 0.455. The molecule has 1 aromatic carbocycles. The number of rotatable bonds is 3. The number of hydrogen-bond acceptors (Lipinski definition) is 2. The second kappa shape index (κ2) is 4.17. The quantitative estimate of drug-likeness (QED) is 0.698. The first kappa shape index (κ1) is 9.90. The van der Waals surface area contributed by atoms with Crippen LogP contribution < -0.4 is 11.1 Å². The molecule has 1 rings (SSSR count). The molecule has 72 valence electrons. The summed E-state index contributed by atoms with van der Waals surface area (Å²) >= 11 is 0. The van der Waals surface area contributed by atoms with Crippen molar-refractivity contribution in [3.05, 3.63) is 23.3 Å². The molecular formula is C11H18N2. The Morgan fingerprint density at radius 3 is 2.46 bits per heavy atom. The minimum Gasteiger partial charge on any atom is -0.397 e. The topological polar surface area (TPSA) is 38.0 Å². The maximum Gasteiger partial charge on any atom is 0.0606 e. The maximum absolute atomic E-state index is 5.96. The fourth-order valence-corrected chi connectivity index (χ4v) is 1.32. The van der Waals surface area contributed by atoms with Gasteiger partial charge in [0.2, 0.25) is 0 Å². The summed E-state index contributed by atoms with van der Waals surface area (Å²) in [5.74, 6) is 0. The van der Waals surface area contributed by atoms with Gasteiger partial charge in [0.1, 0.15) is 0 Å². The Morgan fingerprint density at radius 1 is 1.23 bits per heavy atom. The van der Waals surface area contributed by atoms with E-state index < -0.39 is 0 Å². The van der Waals surface area contributed by atoms with Gasteiger partial charge in [0.05, 0.1) is 11.4 Å². The Labute approximate surface area is 80.1 Å². The van der Waals surface area contributed by atoms with E-state index in [-0.39, 0.29) is 0 Å². The fourth-order valence-electron chi connectivity index (χ4n) is 1.32. The van der Waals surface area contributed by atoms with E-state index in [1.165, 1.54) is 5.56 Å². The number of benzene rings is 1. The Kier molecular flexibility index (Phi) is 3.18. The van der Waals surface area contributed by atoms with Crippen LogP contribution in [-0.4, -0.2) is 6.54 Å². The third kappa shape index (κ3) is 2.14. The number of anilines is 2. The van der Waals surface area contributed by atoms with Gasteiger partial charge in [-0.05, 0) is 31.4 Å². The van der Waals surface area contributed by atoms with Crippen LogP contribution in [0, 0.1) is 13.8 Å². The van der Waals surface area contributed by atoms with E-state index in [0.717, 1.165) is 29.9 Å². The molecule has 0 atom stereocenters. The molecule has 3 N–H and O–H groups in total. The molecule has 0 saturated heterocycles. The summed E-state index contributed by atoms with van der Waals surface area (Å²) in [5, 5.41) is 3.35. The van der Waals surface area contributed by atoms with Crippen molar-refractivity contribution < 1.29 is 0 Å². The van der Waals surface area contributed by atoms with Crippen LogP contribution in [0.3, 0.4) is 0 Å². The van der Waals surface area contributed by atoms with E-state index in [2.05, 4.69) is 31.3 Å². The normalized spacial score (nSPS) is 10.1. The molecule has 0 radical (unpaired) electrons. The Morgan fingerprint density at radius 2 is 1.85 bits per heavy atom. The van der Waals surface area contributed by atoms with Crippen LogP contribution in [-0.2, 0) is 0 Å². The van der Waals surface area contributed by atoms with Crippen molar-refractivity contribution in [2.24, 2.45) is 0 Å². The third-order valence-corrected chi connectivity index (χ3v) is 2.22. The first-order chi connectivity index (χ1) is 6.16. The van der Waals surface area contributed by atoms with E-state index in [0.29, 0.717) is 0 Å². The Balaban J connectivity index is 2.96. The van der Waals surface area contributed by atoms with E-state index >= 15 is 0 Å². The van der Waals surface area contributed by atoms with Crippen LogP contribution in [0.5, 0.6) is 0 Å². The molecule has 2 heteroatoms. The number of nitrogens with two attached hydrogens (primary N) is 1. The van der Waals surface area contributed by atoms with Crippen molar-refractivity contribution in [2.75, 3.05) is 17.6 Å². The molecule has 0 bridgehead atoms. The van der Waals surface area contributed by atoms with Crippen LogP contribution >= 0.6 is 0 Å². The highest BCUT2D eigenvalue weighted by Crippen LogP contribution is 2.26. The van der Waals surface area contributed by atoms with Gasteiger partial charge in [0.15, 0.2) is 0 Å². The van der Waals surface area contributed by atoms with Crippen LogP contribution in [0.2, 0.25) is 0 Å². The SMILES string of the molecule is CCCNc1c(C)ccc(C)c1N. The van der Waals surface area contributed by atoms with Gasteiger partial charge >= 0.3 is 0 Å². The van der Waals surface area contributed by atoms with Crippen LogP contribution in [0.1, 0.15) is 24.5 Å². The highest BCUT2D eigenvalue weighted by molar-refractivity contribution is 5.73. The van der Waals surface area contributed by atoms with Crippen molar-refractivity contribution in [3.8, 4) is 0 Å². The predicted octanol–water partition coefficient (Wildman–Crippen LogP) is 2.71. The van der Waals surface area contributed by atoms with Gasteiger partial charge in [0, 0.05) is 6.54 Å². The van der Waals surface area contributed by atoms with Crippen LogP contribution in [0.25, 0.3) is 0 Å². The van der Waals surface area contributed by atoms with E-state index in [1.807, 2.05) is 6.92 Å². The van der Waals surface area contributed by atoms with Gasteiger partial charge in [-0.2, -0.15) is 0 Å². The molecule has 0 aliphatic rings. The highest BCUT2D eigenvalue weighted by atomic mass is 14.9. The number of nitrogens with one attached hydrogen (secondary N) is 1. The molecule has 1 aromatic rings. The minimum atomic E-state index is 0.883. The van der Waals surface area contributed by atoms with Crippen molar-refractivity contribution in [2.45, 2.75) is 27.2 Å². The molecule has 0 aromatic heterocycles. The summed E-state index contributed by atoms with van der Waals surface area (Å²) in [6.45, 7) is 7.24. The number of nitrogen functional groups attached to an aromatic ring is 1. The molecule has 0 aliphatic heterocycles. The van der Waals surface area contributed by atoms with Gasteiger partial charge in [-0.25, -0.2) is 0 Å². The largest absolute Gasteiger partial charge is 0.397 e. The average molecular weight is 178 g/mol. The van der Waals surface area contributed by atoms with Crippen molar-refractivity contribution in [1.82, 2.24) is 0 Å². The smallest absolute Gasteiger partial charge is 0.0606 e. The molecular weight excluding hydrogens is 160 g/mol. The van der Waals surface area contributed by atoms with E-state index in [4.69, 9.17) is 5.73 Å². The van der Waals surface area contributed by atoms with E-state index in [9.17, 15) is 0 Å². The zero-order valence-electron chi connectivity index (χ0n) is 8.65. The third-order valence-electron chi connectivity index (χ3n) is 2.22. The summed E-state index contributed by atoms with van der Waals surface area (Å²) in [6.07, 6.45) is 1.12. The summed E-state index contributed by atoms with van der Waals surface area (Å²) < 4.78 is 0. The van der Waals surface area contributed by atoms with Crippen LogP contribution in [0.15, 0.2) is 12.1 Å². The average Bonchev–Trinajstić information content (AvgIpc) is 2.12. The summed E-state index contributed by atoms with van der Waals surface area (Å²) in [5.41, 5.74) is 10.3. The predicted molar refractivity (Wildman–Crippen MR) is 59.1 cm³/mol. The molecule has 0 amide bonds. The molecule has 13 heavy (non-hydrogen) atoms. The van der Waals surface area contributed by atoms with Gasteiger partial charge < -0.3 is 11.1 Å². The molecule has 0 fully saturated rings. The van der Waals surface area contributed by atoms with E-state index in [1.54, 1.807) is 0 Å². The molecule has 0 unspecified atom stereocenters. The molecule has 0 aliphatic carbocycles. The molecule has 0 saturated carbocycles. The minimum absolute atomic E-state index is 0.883. The van der Waals surface area contributed by atoms with Gasteiger partial charge in [-0.15, -0.1) is 0 Å². The van der Waals surface area contributed by atoms with Gasteiger partial charge in [-0.3, -0.25) is 0 Å². The second-order valence-corrected chi connectivity index (χ2v) is 3.41. The summed E-state index contributed by atoms with van der Waals surface area (Å²) in [4.78, 5) is 0. The van der Waals surface area contributed by atoms with Crippen molar-refractivity contribution >= 4 is 11.4 Å². The lowest BCUT2D eigenvalue weighted by Gasteiger charge is -2.13. The number of hydrogen-bond donors (Lipinski definition) is 2. The Bertz CT molecular complexity index is 292. The lowest BCUT2D eigenvalue weighted by molar-refractivity contribution is 0.977. The zero-order chi connectivity index (χ0) is 9.84. The maximum atomic E-state index is 5.96. The highest BCUT2D eigenvalue weighted by Gasteiger charge is 2.03. The molecule has 2 nitrogen and oxygen atoms in total. The van der Waals surface area contributed by atoms with Gasteiger partial charge in [0.25, 0.3) is 0 Å². The van der Waals surface area contributed by atoms with Crippen LogP contribution in [0.4, 0.5) is 11.4 Å². The molecule has 0 spiro atoms. The van der Waals surface area contributed by atoms with Crippen molar-refractivity contribution in [1.29, 1.82) is 0 Å². The summed E-state index contributed by atoms with van der Waals surface area (Å²) in [7, 11) is 0. The number of aryl methyl sites for hydroxylation is 2. The molecule has 0 heterocycles. The van der Waals surface area contributed by atoms with Crippen molar-refractivity contribution in [3.63, 3.8) is 0 Å². The Hall–Kier alpha value is -1.18. The summed E-state index contributed by atoms with van der Waals surface area (Å²) in [6, 6.07) is 4.16. The first-order valence-electron chi connectivity index (χ1n) is 4.76. The first-order valence-corrected chi connectivity index (χ1v) is 4.76. The standard InChI is InChI=1S/C11H18N2/c1-4-7-13-11-9(3)6-5-8(2)10(11)12/h5-6,13H,4,7,12H2,1-3H3.